The van der Waals surface area contributed by atoms with E-state index < -0.39 is 19.1 Å². The van der Waals surface area contributed by atoms with Gasteiger partial charge in [-0.2, -0.15) is 0 Å². The molecule has 1 aromatic rings. The second-order valence-corrected chi connectivity index (χ2v) is 7.87. The van der Waals surface area contributed by atoms with E-state index in [1.54, 1.807) is 30.3 Å². The van der Waals surface area contributed by atoms with Gasteiger partial charge < -0.3 is 4.74 Å². The molecule has 4 aliphatic carbocycles. The van der Waals surface area contributed by atoms with Gasteiger partial charge in [-0.1, -0.05) is 42.5 Å². The third-order valence-corrected chi connectivity index (χ3v) is 6.50. The first-order valence-corrected chi connectivity index (χ1v) is 9.33. The summed E-state index contributed by atoms with van der Waals surface area (Å²) in [6.45, 7) is -0.815. The first-order chi connectivity index (χ1) is 13.1. The summed E-state index contributed by atoms with van der Waals surface area (Å²) in [7, 11) is 0. The number of ether oxygens (including phenoxy) is 1. The minimum atomic E-state index is -0.731. The Balaban J connectivity index is 1.23. The van der Waals surface area contributed by atoms with E-state index in [1.165, 1.54) is 0 Å². The fourth-order valence-corrected chi connectivity index (χ4v) is 5.20. The number of nitrogens with zero attached hydrogens (tertiary/aromatic N) is 1. The van der Waals surface area contributed by atoms with Crippen molar-refractivity contribution in [1.82, 2.24) is 4.90 Å². The van der Waals surface area contributed by atoms with Gasteiger partial charge in [-0.25, -0.2) is 0 Å². The summed E-state index contributed by atoms with van der Waals surface area (Å²) >= 11 is 0. The number of hydrogen-bond acceptors (Lipinski definition) is 5. The van der Waals surface area contributed by atoms with Crippen molar-refractivity contribution in [3.05, 3.63) is 48.0 Å². The summed E-state index contributed by atoms with van der Waals surface area (Å²) in [6.07, 6.45) is 5.27. The number of allylic oxidation sites excluding steroid dienone is 2. The summed E-state index contributed by atoms with van der Waals surface area (Å²) in [5.74, 6) is -0.928. The lowest BCUT2D eigenvalue weighted by Crippen LogP contribution is -2.40. The molecule has 6 heteroatoms. The molecule has 6 atom stereocenters. The zero-order valence-electron chi connectivity index (χ0n) is 14.6. The molecule has 2 bridgehead atoms. The molecule has 0 radical (unpaired) electrons. The van der Waals surface area contributed by atoms with Crippen molar-refractivity contribution in [2.45, 2.75) is 6.42 Å². The highest BCUT2D eigenvalue weighted by molar-refractivity contribution is 6.08. The van der Waals surface area contributed by atoms with Crippen LogP contribution in [0.2, 0.25) is 0 Å². The second-order valence-electron chi connectivity index (χ2n) is 7.87. The summed E-state index contributed by atoms with van der Waals surface area (Å²) in [5, 5.41) is 0. The van der Waals surface area contributed by atoms with Gasteiger partial charge in [0.1, 0.15) is 6.54 Å². The first-order valence-electron chi connectivity index (χ1n) is 9.33. The molecular formula is C21H19NO5. The zero-order valence-corrected chi connectivity index (χ0v) is 14.6. The molecule has 1 aliphatic heterocycles. The summed E-state index contributed by atoms with van der Waals surface area (Å²) < 4.78 is 5.02. The Morgan fingerprint density at radius 3 is 2.15 bits per heavy atom. The van der Waals surface area contributed by atoms with Crippen LogP contribution in [0, 0.1) is 35.5 Å². The van der Waals surface area contributed by atoms with Gasteiger partial charge in [-0.15, -0.1) is 0 Å². The smallest absolute Gasteiger partial charge is 0.326 e. The maximum absolute atomic E-state index is 12.8. The van der Waals surface area contributed by atoms with Crippen molar-refractivity contribution < 1.29 is 23.9 Å². The topological polar surface area (TPSA) is 80.8 Å². The van der Waals surface area contributed by atoms with E-state index in [9.17, 15) is 19.2 Å². The largest absolute Gasteiger partial charge is 0.456 e. The van der Waals surface area contributed by atoms with E-state index in [1.807, 2.05) is 0 Å². The molecule has 27 heavy (non-hydrogen) atoms. The maximum atomic E-state index is 12.8. The number of esters is 1. The van der Waals surface area contributed by atoms with Crippen LogP contribution in [0.4, 0.5) is 0 Å². The Morgan fingerprint density at radius 1 is 0.963 bits per heavy atom. The number of rotatable bonds is 5. The molecule has 6 nitrogen and oxygen atoms in total. The highest BCUT2D eigenvalue weighted by Crippen LogP contribution is 2.65. The van der Waals surface area contributed by atoms with Crippen LogP contribution in [-0.2, 0) is 19.1 Å². The van der Waals surface area contributed by atoms with Crippen LogP contribution in [0.15, 0.2) is 42.5 Å². The van der Waals surface area contributed by atoms with Crippen LogP contribution >= 0.6 is 0 Å². The normalized spacial score (nSPS) is 35.0. The number of carbonyl (C=O) groups excluding carboxylic acids is 4. The number of hydrogen-bond donors (Lipinski definition) is 0. The molecule has 0 N–H and O–H groups in total. The molecule has 0 aromatic heterocycles. The van der Waals surface area contributed by atoms with Crippen LogP contribution in [0.1, 0.15) is 16.8 Å². The summed E-state index contributed by atoms with van der Waals surface area (Å²) in [5.41, 5.74) is 0.450. The standard InChI is InChI=1S/C21H19NO5/c23-16(11-4-2-1-3-5-11)10-27-17(24)9-22-20(25)18-12-6-7-13(15-8-14(12)15)19(18)21(22)26/h1-7,12-15,18-19H,8-10H2/t12-,13-,14-,15-,18-,19-/m1/s1. The Labute approximate surface area is 156 Å². The van der Waals surface area contributed by atoms with Gasteiger partial charge in [-0.3, -0.25) is 24.1 Å². The average Bonchev–Trinajstić information content (AvgIpc) is 3.48. The van der Waals surface area contributed by atoms with Crippen molar-refractivity contribution >= 4 is 23.6 Å². The van der Waals surface area contributed by atoms with Gasteiger partial charge in [0.25, 0.3) is 0 Å². The molecule has 138 valence electrons. The van der Waals surface area contributed by atoms with Crippen LogP contribution in [0.5, 0.6) is 0 Å². The van der Waals surface area contributed by atoms with Crippen LogP contribution in [0.3, 0.4) is 0 Å². The van der Waals surface area contributed by atoms with E-state index in [4.69, 9.17) is 4.74 Å². The molecule has 0 spiro atoms. The lowest BCUT2D eigenvalue weighted by Gasteiger charge is -2.37. The van der Waals surface area contributed by atoms with Crippen molar-refractivity contribution in [3.63, 3.8) is 0 Å². The van der Waals surface area contributed by atoms with Crippen molar-refractivity contribution in [2.75, 3.05) is 13.2 Å². The number of likely N-dealkylation sites (tertiary alicyclic amines) is 1. The quantitative estimate of drug-likeness (QED) is 0.342. The first kappa shape index (κ1) is 16.4. The highest BCUT2D eigenvalue weighted by Gasteiger charge is 2.67. The average molecular weight is 365 g/mol. The van der Waals surface area contributed by atoms with Gasteiger partial charge in [0.2, 0.25) is 11.8 Å². The highest BCUT2D eigenvalue weighted by atomic mass is 16.5. The predicted octanol–water partition coefficient (Wildman–Crippen LogP) is 1.47. The maximum Gasteiger partial charge on any atom is 0.326 e. The van der Waals surface area contributed by atoms with Gasteiger partial charge >= 0.3 is 5.97 Å². The number of ketones is 1. The minimum Gasteiger partial charge on any atom is -0.456 e. The van der Waals surface area contributed by atoms with Crippen LogP contribution < -0.4 is 0 Å². The van der Waals surface area contributed by atoms with Gasteiger partial charge in [0, 0.05) is 5.56 Å². The summed E-state index contributed by atoms with van der Waals surface area (Å²) in [4.78, 5) is 50.8. The van der Waals surface area contributed by atoms with Gasteiger partial charge in [0.05, 0.1) is 11.8 Å². The van der Waals surface area contributed by atoms with E-state index >= 15 is 0 Å². The third-order valence-electron chi connectivity index (χ3n) is 6.50. The van der Waals surface area contributed by atoms with E-state index in [-0.39, 0.29) is 41.3 Å². The second kappa shape index (κ2) is 5.87. The Morgan fingerprint density at radius 2 is 1.56 bits per heavy atom. The van der Waals surface area contributed by atoms with Crippen molar-refractivity contribution in [1.29, 1.82) is 0 Å². The summed E-state index contributed by atoms with van der Waals surface area (Å²) in [6, 6.07) is 8.53. The van der Waals surface area contributed by atoms with Crippen molar-refractivity contribution in [3.8, 4) is 0 Å². The zero-order chi connectivity index (χ0) is 18.7. The van der Waals surface area contributed by atoms with E-state index in [0.717, 1.165) is 11.3 Å². The Bertz CT molecular complexity index is 840. The Hall–Kier alpha value is -2.76. The number of benzene rings is 1. The van der Waals surface area contributed by atoms with Crippen LogP contribution in [-0.4, -0.2) is 41.6 Å². The molecule has 6 rings (SSSR count). The Kier molecular flexibility index (Phi) is 3.57. The van der Waals surface area contributed by atoms with Gasteiger partial charge in [0.15, 0.2) is 12.4 Å². The molecule has 5 aliphatic rings. The fourth-order valence-electron chi connectivity index (χ4n) is 5.20. The number of Topliss-reactive ketones (excluding diaryl/α,β-unsaturated/α-hetero) is 1. The fraction of sp³-hybridized carbons (Fsp3) is 0.429. The van der Waals surface area contributed by atoms with E-state index in [0.29, 0.717) is 17.4 Å². The molecule has 1 heterocycles. The lowest BCUT2D eigenvalue weighted by molar-refractivity contribution is -0.152. The number of imide groups is 1. The molecule has 1 aromatic carbocycles. The predicted molar refractivity (Wildman–Crippen MR) is 93.1 cm³/mol. The molecule has 2 saturated carbocycles. The monoisotopic (exact) mass is 365 g/mol. The lowest BCUT2D eigenvalue weighted by atomic mass is 9.63. The molecule has 3 fully saturated rings. The molecular weight excluding hydrogens is 346 g/mol. The molecule has 1 saturated heterocycles. The minimum absolute atomic E-state index is 0.127. The SMILES string of the molecule is O=C(CN1C(=O)[C@@H]2[C@@H]3C=C[C@H]([C@H]4C[C@H]34)[C@H]2C1=O)OCC(=O)c1ccccc1. The number of carbonyl (C=O) groups is 4. The van der Waals surface area contributed by atoms with E-state index in [2.05, 4.69) is 12.2 Å². The van der Waals surface area contributed by atoms with Crippen molar-refractivity contribution in [2.24, 2.45) is 35.5 Å². The molecule has 0 unspecified atom stereocenters. The number of amides is 2. The van der Waals surface area contributed by atoms with Gasteiger partial charge in [-0.05, 0) is 30.1 Å². The molecule has 2 amide bonds. The van der Waals surface area contributed by atoms with Crippen LogP contribution in [0.25, 0.3) is 0 Å². The third kappa shape index (κ3) is 2.46.